The van der Waals surface area contributed by atoms with Crippen LogP contribution >= 0.6 is 0 Å². The van der Waals surface area contributed by atoms with Gasteiger partial charge < -0.3 is 16.3 Å². The normalized spacial score (nSPS) is 21.3. The van der Waals surface area contributed by atoms with Crippen molar-refractivity contribution in [2.45, 2.75) is 18.9 Å². The molecule has 70 valence electrons. The average molecular weight is 184 g/mol. The van der Waals surface area contributed by atoms with Crippen LogP contribution in [-0.4, -0.2) is 11.7 Å². The molecule has 1 N–H and O–H groups in total. The molecule has 2 rings (SSSR count). The van der Waals surface area contributed by atoms with Gasteiger partial charge in [-0.1, -0.05) is 18.2 Å². The first-order chi connectivity index (χ1) is 6.38. The second-order valence-corrected chi connectivity index (χ2v) is 3.23. The van der Waals surface area contributed by atoms with Gasteiger partial charge >= 0.3 is 18.9 Å². The molecule has 2 nitrogen and oxygen atoms in total. The maximum Gasteiger partial charge on any atom is 1.00 e. The molecule has 3 heteroatoms. The molecule has 0 radical (unpaired) electrons. The maximum absolute atomic E-state index is 9.57. The number of hydrogen-bond acceptors (Lipinski definition) is 2. The molecule has 0 bridgehead atoms. The van der Waals surface area contributed by atoms with Gasteiger partial charge in [-0.05, 0) is 6.07 Å². The van der Waals surface area contributed by atoms with Crippen LogP contribution in [0.25, 0.3) is 0 Å². The van der Waals surface area contributed by atoms with Crippen molar-refractivity contribution >= 4 is 0 Å². The van der Waals surface area contributed by atoms with Crippen LogP contribution in [0.1, 0.15) is 24.5 Å². The Labute approximate surface area is 96.5 Å². The molecule has 0 saturated carbocycles. The Bertz CT molecular complexity index is 282. The van der Waals surface area contributed by atoms with Crippen molar-refractivity contribution in [2.75, 3.05) is 6.61 Å². The predicted molar refractivity (Wildman–Crippen MR) is 50.3 cm³/mol. The van der Waals surface area contributed by atoms with E-state index in [4.69, 9.17) is 4.74 Å². The summed E-state index contributed by atoms with van der Waals surface area (Å²) < 4.78 is 5.55. The molecule has 0 amide bonds. The first kappa shape index (κ1) is 11.7. The van der Waals surface area contributed by atoms with E-state index in [0.29, 0.717) is 5.75 Å². The third-order valence-corrected chi connectivity index (χ3v) is 2.31. The minimum atomic E-state index is 0. The second-order valence-electron chi connectivity index (χ2n) is 3.23. The Morgan fingerprint density at radius 2 is 2.14 bits per heavy atom. The minimum absolute atomic E-state index is 0. The fourth-order valence-electron chi connectivity index (χ4n) is 1.61. The molecule has 14 heavy (non-hydrogen) atoms. The summed E-state index contributed by atoms with van der Waals surface area (Å²) in [6.45, 7) is 0.763. The van der Waals surface area contributed by atoms with E-state index in [-0.39, 0.29) is 25.0 Å². The molecule has 1 aliphatic heterocycles. The largest absolute Gasteiger partial charge is 1.00 e. The van der Waals surface area contributed by atoms with Gasteiger partial charge in [-0.25, -0.2) is 0 Å². The predicted octanol–water partition coefficient (Wildman–Crippen LogP) is -0.548. The van der Waals surface area contributed by atoms with Crippen LogP contribution in [0.5, 0.6) is 5.75 Å². The van der Waals surface area contributed by atoms with Gasteiger partial charge in [-0.2, -0.15) is 6.42 Å². The van der Waals surface area contributed by atoms with Crippen LogP contribution in [0.15, 0.2) is 24.3 Å². The third-order valence-electron chi connectivity index (χ3n) is 2.31. The van der Waals surface area contributed by atoms with Crippen LogP contribution in [0.3, 0.4) is 0 Å². The number of para-hydroxylation sites is 1. The summed E-state index contributed by atoms with van der Waals surface area (Å²) in [6, 6.07) is 7.37. The number of phenols is 1. The van der Waals surface area contributed by atoms with Crippen molar-refractivity contribution in [1.82, 2.24) is 0 Å². The summed E-state index contributed by atoms with van der Waals surface area (Å²) in [5.41, 5.74) is 0.901. The van der Waals surface area contributed by atoms with Gasteiger partial charge in [0.25, 0.3) is 0 Å². The molecule has 1 aliphatic rings. The van der Waals surface area contributed by atoms with E-state index in [9.17, 15) is 5.11 Å². The Hall–Kier alpha value is -0.423. The molecule has 1 heterocycles. The molecule has 0 spiro atoms. The van der Waals surface area contributed by atoms with Crippen molar-refractivity contribution < 1.29 is 28.7 Å². The molecule has 1 fully saturated rings. The van der Waals surface area contributed by atoms with E-state index < -0.39 is 0 Å². The first-order valence-electron chi connectivity index (χ1n) is 4.59. The third kappa shape index (κ3) is 2.54. The molecule has 0 aliphatic carbocycles. The fourth-order valence-corrected chi connectivity index (χ4v) is 1.61. The van der Waals surface area contributed by atoms with Crippen molar-refractivity contribution in [3.05, 3.63) is 36.2 Å². The monoisotopic (exact) mass is 184 g/mol. The van der Waals surface area contributed by atoms with Gasteiger partial charge in [-0.3, -0.25) is 0 Å². The molecule has 1 unspecified atom stereocenters. The smallest absolute Gasteiger partial charge is 0.508 e. The van der Waals surface area contributed by atoms with E-state index in [1.165, 1.54) is 0 Å². The van der Waals surface area contributed by atoms with E-state index >= 15 is 0 Å². The van der Waals surface area contributed by atoms with Gasteiger partial charge in [0.1, 0.15) is 5.75 Å². The number of hydrogen-bond donors (Lipinski definition) is 1. The summed E-state index contributed by atoms with van der Waals surface area (Å²) in [4.78, 5) is 0. The van der Waals surface area contributed by atoms with Crippen molar-refractivity contribution in [1.29, 1.82) is 0 Å². The van der Waals surface area contributed by atoms with E-state index in [0.717, 1.165) is 25.0 Å². The zero-order valence-corrected chi connectivity index (χ0v) is 8.44. The van der Waals surface area contributed by atoms with E-state index in [1.807, 2.05) is 18.2 Å². The fraction of sp³-hybridized carbons (Fsp3) is 0.364. The zero-order chi connectivity index (χ0) is 9.10. The molecular weight excluding hydrogens is 171 g/mol. The number of ether oxygens (including phenoxy) is 1. The minimum Gasteiger partial charge on any atom is -0.508 e. The van der Waals surface area contributed by atoms with Crippen LogP contribution in [0.4, 0.5) is 0 Å². The molecular formula is C11H13LiO2. The molecule has 1 aromatic rings. The quantitative estimate of drug-likeness (QED) is 0.469. The molecule has 0 aromatic heterocycles. The number of aromatic hydroxyl groups is 1. The standard InChI is InChI=1S/C11H13O2.Li/c12-10-6-2-1-5-9(10)11-7-3-4-8-13-11;/h1-3,5-6,11-12H,4,7-8H2;/q-1;+1. The zero-order valence-electron chi connectivity index (χ0n) is 8.44. The second kappa shape index (κ2) is 5.46. The van der Waals surface area contributed by atoms with Gasteiger partial charge in [0.15, 0.2) is 0 Å². The van der Waals surface area contributed by atoms with Crippen LogP contribution < -0.4 is 18.9 Å². The number of benzene rings is 1. The first-order valence-corrected chi connectivity index (χ1v) is 4.59. The number of rotatable bonds is 1. The van der Waals surface area contributed by atoms with Gasteiger partial charge in [0.2, 0.25) is 0 Å². The van der Waals surface area contributed by atoms with Crippen LogP contribution in [0, 0.1) is 6.42 Å². The van der Waals surface area contributed by atoms with Crippen LogP contribution in [-0.2, 0) is 4.74 Å². The average Bonchev–Trinajstić information content (AvgIpc) is 2.20. The Kier molecular flexibility index (Phi) is 4.54. The van der Waals surface area contributed by atoms with Gasteiger partial charge in [0, 0.05) is 12.2 Å². The molecule has 1 saturated heterocycles. The van der Waals surface area contributed by atoms with Crippen LogP contribution in [0.2, 0.25) is 0 Å². The van der Waals surface area contributed by atoms with E-state index in [1.54, 1.807) is 6.07 Å². The SMILES string of the molecule is Oc1ccccc1C1C[CH-]CCO1.[Li+]. The number of phenolic OH excluding ortho intramolecular Hbond substituents is 1. The Morgan fingerprint density at radius 1 is 1.36 bits per heavy atom. The molecule has 1 atom stereocenters. The summed E-state index contributed by atoms with van der Waals surface area (Å²) in [5.74, 6) is 0.336. The summed E-state index contributed by atoms with van der Waals surface area (Å²) in [5, 5.41) is 9.57. The Balaban J connectivity index is 0.000000980. The van der Waals surface area contributed by atoms with E-state index in [2.05, 4.69) is 6.42 Å². The summed E-state index contributed by atoms with van der Waals surface area (Å²) >= 11 is 0. The topological polar surface area (TPSA) is 29.5 Å². The maximum atomic E-state index is 9.57. The van der Waals surface area contributed by atoms with Gasteiger partial charge in [0.05, 0.1) is 6.10 Å². The summed E-state index contributed by atoms with van der Waals surface area (Å²) in [6.07, 6.45) is 4.18. The van der Waals surface area contributed by atoms with Crippen molar-refractivity contribution in [3.8, 4) is 5.75 Å². The van der Waals surface area contributed by atoms with Crippen molar-refractivity contribution in [2.24, 2.45) is 0 Å². The molecule has 1 aromatic carbocycles. The van der Waals surface area contributed by atoms with Gasteiger partial charge in [-0.15, -0.1) is 6.42 Å². The van der Waals surface area contributed by atoms with Crippen molar-refractivity contribution in [3.63, 3.8) is 0 Å². The Morgan fingerprint density at radius 3 is 2.79 bits per heavy atom. The summed E-state index contributed by atoms with van der Waals surface area (Å²) in [7, 11) is 0.